The molecule has 0 aromatic carbocycles. The molecule has 2 aromatic heterocycles. The molecule has 1 atom stereocenters. The molecular weight excluding hydrogens is 244 g/mol. The molecule has 0 radical (unpaired) electrons. The van der Waals surface area contributed by atoms with Gasteiger partial charge in [0, 0.05) is 25.2 Å². The largest absolute Gasteiger partial charge is 0.379 e. The molecule has 98 valence electrons. The van der Waals surface area contributed by atoms with Crippen molar-refractivity contribution in [2.45, 2.75) is 12.5 Å². The highest BCUT2D eigenvalue weighted by atomic mass is 16.5. The van der Waals surface area contributed by atoms with E-state index in [9.17, 15) is 4.79 Å². The van der Waals surface area contributed by atoms with E-state index in [1.165, 1.54) is 6.20 Å². The van der Waals surface area contributed by atoms with Gasteiger partial charge in [0.15, 0.2) is 0 Å². The molecule has 1 saturated heterocycles. The standard InChI is InChI=1S/C13H14N4O2/c18-13(10-2-1-4-14-6-10)16-11-7-15-17(8-11)12-3-5-19-9-12/h1-2,4,6-8,12H,3,5,9H2,(H,16,18)/t12-/m1/s1. The van der Waals surface area contributed by atoms with Gasteiger partial charge < -0.3 is 10.1 Å². The number of anilines is 1. The highest BCUT2D eigenvalue weighted by molar-refractivity contribution is 6.03. The number of rotatable bonds is 3. The minimum Gasteiger partial charge on any atom is -0.379 e. The van der Waals surface area contributed by atoms with Gasteiger partial charge in [-0.3, -0.25) is 14.5 Å². The summed E-state index contributed by atoms with van der Waals surface area (Å²) in [5.41, 5.74) is 1.21. The van der Waals surface area contributed by atoms with Crippen LogP contribution in [-0.4, -0.2) is 33.9 Å². The lowest BCUT2D eigenvalue weighted by molar-refractivity contribution is 0.102. The molecule has 1 fully saturated rings. The third kappa shape index (κ3) is 2.63. The molecular formula is C13H14N4O2. The van der Waals surface area contributed by atoms with Crippen LogP contribution in [0.15, 0.2) is 36.9 Å². The fraction of sp³-hybridized carbons (Fsp3) is 0.308. The Balaban J connectivity index is 1.68. The molecule has 6 heteroatoms. The van der Waals surface area contributed by atoms with E-state index in [2.05, 4.69) is 15.4 Å². The highest BCUT2D eigenvalue weighted by Crippen LogP contribution is 2.19. The molecule has 6 nitrogen and oxygen atoms in total. The maximum Gasteiger partial charge on any atom is 0.257 e. The normalized spacial score (nSPS) is 18.4. The summed E-state index contributed by atoms with van der Waals surface area (Å²) in [6, 6.07) is 3.72. The number of carbonyl (C=O) groups is 1. The third-order valence-corrected chi connectivity index (χ3v) is 3.06. The Morgan fingerprint density at radius 1 is 1.47 bits per heavy atom. The zero-order valence-corrected chi connectivity index (χ0v) is 10.3. The Bertz CT molecular complexity index is 561. The molecule has 1 aliphatic rings. The van der Waals surface area contributed by atoms with Gasteiger partial charge in [0.25, 0.3) is 5.91 Å². The summed E-state index contributed by atoms with van der Waals surface area (Å²) in [4.78, 5) is 15.8. The SMILES string of the molecule is O=C(Nc1cnn([C@@H]2CCOC2)c1)c1cccnc1. The van der Waals surface area contributed by atoms with Crippen molar-refractivity contribution in [2.75, 3.05) is 18.5 Å². The fourth-order valence-electron chi connectivity index (χ4n) is 2.03. The molecule has 1 amide bonds. The molecule has 3 rings (SSSR count). The van der Waals surface area contributed by atoms with Crippen molar-refractivity contribution in [3.8, 4) is 0 Å². The second kappa shape index (κ2) is 5.19. The van der Waals surface area contributed by atoms with Crippen molar-refractivity contribution in [2.24, 2.45) is 0 Å². The first kappa shape index (κ1) is 11.9. The Morgan fingerprint density at radius 2 is 2.42 bits per heavy atom. The Hall–Kier alpha value is -2.21. The van der Waals surface area contributed by atoms with Gasteiger partial charge in [-0.1, -0.05) is 0 Å². The van der Waals surface area contributed by atoms with Gasteiger partial charge in [0.1, 0.15) is 0 Å². The number of hydrogen-bond acceptors (Lipinski definition) is 4. The predicted octanol–water partition coefficient (Wildman–Crippen LogP) is 1.49. The molecule has 0 aliphatic carbocycles. The van der Waals surface area contributed by atoms with Crippen LogP contribution in [0.1, 0.15) is 22.8 Å². The van der Waals surface area contributed by atoms with Crippen LogP contribution in [0.2, 0.25) is 0 Å². The summed E-state index contributed by atoms with van der Waals surface area (Å²) < 4.78 is 7.15. The van der Waals surface area contributed by atoms with Crippen LogP contribution in [-0.2, 0) is 4.74 Å². The van der Waals surface area contributed by atoms with Gasteiger partial charge in [-0.15, -0.1) is 0 Å². The fourth-order valence-corrected chi connectivity index (χ4v) is 2.03. The molecule has 2 aromatic rings. The first-order valence-corrected chi connectivity index (χ1v) is 6.16. The van der Waals surface area contributed by atoms with Crippen LogP contribution in [0.5, 0.6) is 0 Å². The first-order chi connectivity index (χ1) is 9.33. The summed E-state index contributed by atoms with van der Waals surface area (Å²) >= 11 is 0. The van der Waals surface area contributed by atoms with Crippen molar-refractivity contribution in [3.63, 3.8) is 0 Å². The monoisotopic (exact) mass is 258 g/mol. The van der Waals surface area contributed by atoms with Crippen LogP contribution >= 0.6 is 0 Å². The summed E-state index contributed by atoms with van der Waals surface area (Å²) in [5, 5.41) is 7.05. The molecule has 0 saturated carbocycles. The topological polar surface area (TPSA) is 69.0 Å². The summed E-state index contributed by atoms with van der Waals surface area (Å²) in [5.74, 6) is -0.185. The average molecular weight is 258 g/mol. The van der Waals surface area contributed by atoms with Gasteiger partial charge in [0.2, 0.25) is 0 Å². The van der Waals surface area contributed by atoms with E-state index in [0.29, 0.717) is 17.9 Å². The molecule has 19 heavy (non-hydrogen) atoms. The van der Waals surface area contributed by atoms with Crippen molar-refractivity contribution in [3.05, 3.63) is 42.5 Å². The first-order valence-electron chi connectivity index (χ1n) is 6.16. The van der Waals surface area contributed by atoms with Crippen LogP contribution in [0, 0.1) is 0 Å². The average Bonchev–Trinajstić information content (AvgIpc) is 3.10. The zero-order chi connectivity index (χ0) is 13.1. The number of aromatic nitrogens is 3. The van der Waals surface area contributed by atoms with Gasteiger partial charge >= 0.3 is 0 Å². The second-order valence-electron chi connectivity index (χ2n) is 4.42. The minimum atomic E-state index is -0.185. The van der Waals surface area contributed by atoms with Gasteiger partial charge in [-0.2, -0.15) is 5.10 Å². The maximum atomic E-state index is 11.9. The predicted molar refractivity (Wildman–Crippen MR) is 68.9 cm³/mol. The number of carbonyl (C=O) groups excluding carboxylic acids is 1. The van der Waals surface area contributed by atoms with Crippen molar-refractivity contribution >= 4 is 11.6 Å². The summed E-state index contributed by atoms with van der Waals surface area (Å²) in [6.07, 6.45) is 7.59. The van der Waals surface area contributed by atoms with Crippen molar-refractivity contribution < 1.29 is 9.53 Å². The van der Waals surface area contributed by atoms with Gasteiger partial charge in [-0.05, 0) is 18.6 Å². The lowest BCUT2D eigenvalue weighted by atomic mass is 10.2. The van der Waals surface area contributed by atoms with Crippen molar-refractivity contribution in [1.82, 2.24) is 14.8 Å². The Labute approximate surface area is 110 Å². The smallest absolute Gasteiger partial charge is 0.257 e. The maximum absolute atomic E-state index is 11.9. The van der Waals surface area contributed by atoms with E-state index in [4.69, 9.17) is 4.74 Å². The van der Waals surface area contributed by atoms with E-state index in [1.807, 2.05) is 10.9 Å². The molecule has 1 N–H and O–H groups in total. The number of nitrogens with zero attached hydrogens (tertiary/aromatic N) is 3. The number of amides is 1. The van der Waals surface area contributed by atoms with Crippen LogP contribution < -0.4 is 5.32 Å². The Morgan fingerprint density at radius 3 is 3.16 bits per heavy atom. The molecule has 1 aliphatic heterocycles. The van der Waals surface area contributed by atoms with E-state index >= 15 is 0 Å². The van der Waals surface area contributed by atoms with E-state index in [0.717, 1.165) is 13.0 Å². The van der Waals surface area contributed by atoms with E-state index in [-0.39, 0.29) is 11.9 Å². The number of hydrogen-bond donors (Lipinski definition) is 1. The number of nitrogens with one attached hydrogen (secondary N) is 1. The number of ether oxygens (including phenoxy) is 1. The summed E-state index contributed by atoms with van der Waals surface area (Å²) in [6.45, 7) is 1.44. The quantitative estimate of drug-likeness (QED) is 0.905. The van der Waals surface area contributed by atoms with Gasteiger partial charge in [-0.25, -0.2) is 0 Å². The lowest BCUT2D eigenvalue weighted by Crippen LogP contribution is -2.12. The van der Waals surface area contributed by atoms with Crippen LogP contribution in [0.25, 0.3) is 0 Å². The molecule has 0 unspecified atom stereocenters. The third-order valence-electron chi connectivity index (χ3n) is 3.06. The zero-order valence-electron chi connectivity index (χ0n) is 10.3. The molecule has 3 heterocycles. The van der Waals surface area contributed by atoms with Gasteiger partial charge in [0.05, 0.1) is 30.1 Å². The highest BCUT2D eigenvalue weighted by Gasteiger charge is 2.18. The minimum absolute atomic E-state index is 0.185. The molecule has 0 spiro atoms. The lowest BCUT2D eigenvalue weighted by Gasteiger charge is -2.06. The number of pyridine rings is 1. The van der Waals surface area contributed by atoms with Crippen LogP contribution in [0.4, 0.5) is 5.69 Å². The second-order valence-corrected chi connectivity index (χ2v) is 4.42. The van der Waals surface area contributed by atoms with E-state index < -0.39 is 0 Å². The molecule has 0 bridgehead atoms. The van der Waals surface area contributed by atoms with Crippen LogP contribution in [0.3, 0.4) is 0 Å². The van der Waals surface area contributed by atoms with Crippen molar-refractivity contribution in [1.29, 1.82) is 0 Å². The van der Waals surface area contributed by atoms with E-state index in [1.54, 1.807) is 24.5 Å². The Kier molecular flexibility index (Phi) is 3.24. The summed E-state index contributed by atoms with van der Waals surface area (Å²) in [7, 11) is 0.